The van der Waals surface area contributed by atoms with Gasteiger partial charge in [0, 0.05) is 40.7 Å². The molecule has 5 rings (SSSR count). The van der Waals surface area contributed by atoms with Crippen LogP contribution in [-0.4, -0.2) is 29.3 Å². The highest BCUT2D eigenvalue weighted by molar-refractivity contribution is 6.34. The average molecular weight is 356 g/mol. The van der Waals surface area contributed by atoms with Crippen LogP contribution in [0.4, 0.5) is 0 Å². The van der Waals surface area contributed by atoms with Crippen molar-refractivity contribution in [3.63, 3.8) is 0 Å². The molecule has 0 fully saturated rings. The highest BCUT2D eigenvalue weighted by Crippen LogP contribution is 2.41. The zero-order valence-electron chi connectivity index (χ0n) is 15.4. The van der Waals surface area contributed by atoms with Crippen molar-refractivity contribution < 1.29 is 9.21 Å². The second-order valence-electron chi connectivity index (χ2n) is 7.04. The number of nitrogens with one attached hydrogen (secondary N) is 1. The predicted molar refractivity (Wildman–Crippen MR) is 108 cm³/mol. The molecule has 0 aliphatic carbocycles. The standard InChI is InChI=1S/C23H20N2O2/c1-3-14-7-6-10-20-21(14)17(13-27-20)23-22(19(26)12-25(23)2)16-11-24-18-9-5-4-8-15(16)18/h4-11,13,24H,3,12H2,1-2H3. The topological polar surface area (TPSA) is 49.2 Å². The molecule has 0 radical (unpaired) electrons. The summed E-state index contributed by atoms with van der Waals surface area (Å²) in [5, 5.41) is 2.17. The summed E-state index contributed by atoms with van der Waals surface area (Å²) in [6, 6.07) is 14.2. The maximum absolute atomic E-state index is 13.0. The maximum atomic E-state index is 13.0. The number of aromatic amines is 1. The molecule has 0 bridgehead atoms. The molecule has 27 heavy (non-hydrogen) atoms. The van der Waals surface area contributed by atoms with E-state index in [0.717, 1.165) is 50.7 Å². The number of fused-ring (bicyclic) bond motifs is 2. The Bertz CT molecular complexity index is 1230. The molecule has 1 aliphatic rings. The van der Waals surface area contributed by atoms with E-state index in [1.165, 1.54) is 5.56 Å². The summed E-state index contributed by atoms with van der Waals surface area (Å²) in [5.74, 6) is 0.139. The number of benzene rings is 2. The summed E-state index contributed by atoms with van der Waals surface area (Å²) in [5.41, 5.74) is 6.80. The molecule has 1 aliphatic heterocycles. The third kappa shape index (κ3) is 2.26. The number of para-hydroxylation sites is 1. The zero-order valence-corrected chi connectivity index (χ0v) is 15.4. The van der Waals surface area contributed by atoms with Crippen LogP contribution < -0.4 is 0 Å². The van der Waals surface area contributed by atoms with Crippen molar-refractivity contribution in [1.82, 2.24) is 9.88 Å². The molecule has 134 valence electrons. The van der Waals surface area contributed by atoms with Crippen LogP contribution in [0, 0.1) is 0 Å². The highest BCUT2D eigenvalue weighted by atomic mass is 16.3. The third-order valence-corrected chi connectivity index (χ3v) is 5.46. The number of aryl methyl sites for hydroxylation is 1. The summed E-state index contributed by atoms with van der Waals surface area (Å²) in [6.45, 7) is 2.52. The number of likely N-dealkylation sites (N-methyl/N-ethyl adjacent to an activating group) is 1. The summed E-state index contributed by atoms with van der Waals surface area (Å²) in [7, 11) is 1.97. The largest absolute Gasteiger partial charge is 0.464 e. The van der Waals surface area contributed by atoms with E-state index < -0.39 is 0 Å². The summed E-state index contributed by atoms with van der Waals surface area (Å²) >= 11 is 0. The SMILES string of the molecule is CCc1cccc2occ(C3=C(c4c[nH]c5ccccc45)C(=O)CN3C)c12. The molecule has 2 aromatic carbocycles. The molecule has 0 saturated heterocycles. The fraction of sp³-hybridized carbons (Fsp3) is 0.174. The molecule has 0 spiro atoms. The lowest BCUT2D eigenvalue weighted by molar-refractivity contribution is -0.113. The van der Waals surface area contributed by atoms with E-state index in [0.29, 0.717) is 6.54 Å². The molecule has 0 saturated carbocycles. The van der Waals surface area contributed by atoms with E-state index in [-0.39, 0.29) is 5.78 Å². The summed E-state index contributed by atoms with van der Waals surface area (Å²) in [4.78, 5) is 18.3. The number of rotatable bonds is 3. The second kappa shape index (κ2) is 5.88. The number of aromatic nitrogens is 1. The minimum atomic E-state index is 0.139. The zero-order chi connectivity index (χ0) is 18.5. The number of H-pyrrole nitrogens is 1. The molecule has 0 amide bonds. The van der Waals surface area contributed by atoms with Gasteiger partial charge in [0.05, 0.1) is 17.8 Å². The lowest BCUT2D eigenvalue weighted by atomic mass is 9.96. The van der Waals surface area contributed by atoms with Gasteiger partial charge in [0.15, 0.2) is 5.78 Å². The van der Waals surface area contributed by atoms with Gasteiger partial charge in [-0.2, -0.15) is 0 Å². The number of Topliss-reactive ketones (excluding diaryl/α,β-unsaturated/α-hetero) is 1. The molecule has 2 aromatic heterocycles. The van der Waals surface area contributed by atoms with E-state index in [9.17, 15) is 4.79 Å². The molecular formula is C23H20N2O2. The van der Waals surface area contributed by atoms with E-state index >= 15 is 0 Å². The fourth-order valence-corrected chi connectivity index (χ4v) is 4.22. The fourth-order valence-electron chi connectivity index (χ4n) is 4.22. The van der Waals surface area contributed by atoms with Crippen molar-refractivity contribution in [3.8, 4) is 0 Å². The van der Waals surface area contributed by atoms with Gasteiger partial charge in [-0.15, -0.1) is 0 Å². The van der Waals surface area contributed by atoms with Crippen molar-refractivity contribution >= 4 is 38.9 Å². The molecule has 4 aromatic rings. The van der Waals surface area contributed by atoms with Gasteiger partial charge in [-0.3, -0.25) is 4.79 Å². The summed E-state index contributed by atoms with van der Waals surface area (Å²) in [6.07, 6.45) is 4.65. The number of carbonyl (C=O) groups excluding carboxylic acids is 1. The van der Waals surface area contributed by atoms with Crippen molar-refractivity contribution in [2.45, 2.75) is 13.3 Å². The van der Waals surface area contributed by atoms with Crippen molar-refractivity contribution in [3.05, 3.63) is 71.6 Å². The predicted octanol–water partition coefficient (Wildman–Crippen LogP) is 4.86. The number of ketones is 1. The number of nitrogens with zero attached hydrogens (tertiary/aromatic N) is 1. The van der Waals surface area contributed by atoms with Crippen molar-refractivity contribution in [2.75, 3.05) is 13.6 Å². The molecule has 4 nitrogen and oxygen atoms in total. The van der Waals surface area contributed by atoms with Crippen LogP contribution in [0.15, 0.2) is 59.3 Å². The first-order valence-electron chi connectivity index (χ1n) is 9.23. The minimum Gasteiger partial charge on any atom is -0.464 e. The van der Waals surface area contributed by atoms with Gasteiger partial charge in [-0.25, -0.2) is 0 Å². The second-order valence-corrected chi connectivity index (χ2v) is 7.04. The first-order valence-corrected chi connectivity index (χ1v) is 9.23. The molecule has 3 heterocycles. The Labute approximate surface area is 157 Å². The van der Waals surface area contributed by atoms with Gasteiger partial charge in [0.25, 0.3) is 0 Å². The van der Waals surface area contributed by atoms with Crippen LogP contribution in [0.1, 0.15) is 23.6 Å². The van der Waals surface area contributed by atoms with E-state index in [4.69, 9.17) is 4.42 Å². The van der Waals surface area contributed by atoms with Crippen LogP contribution >= 0.6 is 0 Å². The Morgan fingerprint density at radius 2 is 1.96 bits per heavy atom. The van der Waals surface area contributed by atoms with E-state index in [2.05, 4.69) is 24.0 Å². The molecule has 0 unspecified atom stereocenters. The first-order chi connectivity index (χ1) is 13.2. The lowest BCUT2D eigenvalue weighted by Gasteiger charge is -2.15. The lowest BCUT2D eigenvalue weighted by Crippen LogP contribution is -2.15. The van der Waals surface area contributed by atoms with Gasteiger partial charge in [0.1, 0.15) is 11.8 Å². The third-order valence-electron chi connectivity index (χ3n) is 5.46. The number of furan rings is 1. The van der Waals surface area contributed by atoms with Gasteiger partial charge < -0.3 is 14.3 Å². The maximum Gasteiger partial charge on any atom is 0.184 e. The van der Waals surface area contributed by atoms with E-state index in [1.54, 1.807) is 6.26 Å². The average Bonchev–Trinajstić information content (AvgIpc) is 3.36. The number of hydrogen-bond acceptors (Lipinski definition) is 3. The Balaban J connectivity index is 1.84. The number of carbonyl (C=O) groups is 1. The highest BCUT2D eigenvalue weighted by Gasteiger charge is 2.32. The Hall–Kier alpha value is -3.27. The van der Waals surface area contributed by atoms with Gasteiger partial charge in [-0.1, -0.05) is 37.3 Å². The molecule has 4 heteroatoms. The summed E-state index contributed by atoms with van der Waals surface area (Å²) < 4.78 is 5.86. The van der Waals surface area contributed by atoms with Gasteiger partial charge >= 0.3 is 0 Å². The molecular weight excluding hydrogens is 336 g/mol. The smallest absolute Gasteiger partial charge is 0.184 e. The van der Waals surface area contributed by atoms with Crippen LogP contribution in [0.3, 0.4) is 0 Å². The molecule has 1 N–H and O–H groups in total. The first kappa shape index (κ1) is 15.9. The molecule has 0 atom stereocenters. The van der Waals surface area contributed by atoms with Crippen molar-refractivity contribution in [2.24, 2.45) is 0 Å². The van der Waals surface area contributed by atoms with Gasteiger partial charge in [0.2, 0.25) is 0 Å². The van der Waals surface area contributed by atoms with Crippen LogP contribution in [0.25, 0.3) is 33.1 Å². The van der Waals surface area contributed by atoms with Crippen LogP contribution in [0.2, 0.25) is 0 Å². The van der Waals surface area contributed by atoms with Gasteiger partial charge in [-0.05, 0) is 24.1 Å². The van der Waals surface area contributed by atoms with E-state index in [1.807, 2.05) is 48.5 Å². The van der Waals surface area contributed by atoms with Crippen molar-refractivity contribution in [1.29, 1.82) is 0 Å². The Morgan fingerprint density at radius 1 is 1.11 bits per heavy atom. The van der Waals surface area contributed by atoms with Crippen LogP contribution in [-0.2, 0) is 11.2 Å². The van der Waals surface area contributed by atoms with Crippen LogP contribution in [0.5, 0.6) is 0 Å². The Kier molecular flexibility index (Phi) is 3.47. The normalized spacial score (nSPS) is 14.9. The number of hydrogen-bond donors (Lipinski definition) is 1. The quantitative estimate of drug-likeness (QED) is 0.570. The minimum absolute atomic E-state index is 0.139. The Morgan fingerprint density at radius 3 is 2.81 bits per heavy atom. The monoisotopic (exact) mass is 356 g/mol.